The van der Waals surface area contributed by atoms with Gasteiger partial charge in [-0.1, -0.05) is 47.0 Å². The zero-order valence-corrected chi connectivity index (χ0v) is 9.71. The zero-order valence-electron chi connectivity index (χ0n) is 9.71. The maximum absolute atomic E-state index is 9.85. The van der Waals surface area contributed by atoms with Gasteiger partial charge in [-0.05, 0) is 24.7 Å². The summed E-state index contributed by atoms with van der Waals surface area (Å²) in [7, 11) is 0. The first-order valence-corrected chi connectivity index (χ1v) is 5.79. The molecule has 0 aliphatic carbocycles. The van der Waals surface area contributed by atoms with Crippen LogP contribution in [0.3, 0.4) is 0 Å². The predicted octanol–water partition coefficient (Wildman–Crippen LogP) is 3.61. The molecule has 0 spiro atoms. The quantitative estimate of drug-likeness (QED) is 0.644. The number of hydrogen-bond acceptors (Lipinski definition) is 1. The fraction of sp³-hybridized carbons (Fsp3) is 1.00. The lowest BCUT2D eigenvalue weighted by Crippen LogP contribution is -2.20. The molecule has 13 heavy (non-hydrogen) atoms. The van der Waals surface area contributed by atoms with Crippen molar-refractivity contribution in [3.63, 3.8) is 0 Å². The van der Waals surface area contributed by atoms with Gasteiger partial charge in [-0.25, -0.2) is 0 Å². The molecule has 0 aliphatic rings. The van der Waals surface area contributed by atoms with E-state index >= 15 is 0 Å². The van der Waals surface area contributed by atoms with Gasteiger partial charge in [-0.3, -0.25) is 0 Å². The average molecular weight is 186 g/mol. The molecule has 0 aromatic rings. The van der Waals surface area contributed by atoms with Gasteiger partial charge < -0.3 is 5.11 Å². The van der Waals surface area contributed by atoms with Gasteiger partial charge in [0.15, 0.2) is 0 Å². The highest BCUT2D eigenvalue weighted by molar-refractivity contribution is 4.67. The molecule has 0 fully saturated rings. The van der Waals surface area contributed by atoms with Crippen LogP contribution >= 0.6 is 0 Å². The summed E-state index contributed by atoms with van der Waals surface area (Å²) < 4.78 is 0. The second-order valence-corrected chi connectivity index (χ2v) is 4.44. The molecule has 3 unspecified atom stereocenters. The minimum Gasteiger partial charge on any atom is -0.393 e. The Labute approximate surface area is 83.5 Å². The lowest BCUT2D eigenvalue weighted by molar-refractivity contribution is 0.0862. The van der Waals surface area contributed by atoms with E-state index in [2.05, 4.69) is 27.7 Å². The molecule has 0 aromatic carbocycles. The highest BCUT2D eigenvalue weighted by Crippen LogP contribution is 2.19. The molecule has 0 amide bonds. The first kappa shape index (κ1) is 13.0. The van der Waals surface area contributed by atoms with Crippen molar-refractivity contribution in [1.29, 1.82) is 0 Å². The summed E-state index contributed by atoms with van der Waals surface area (Å²) in [6.45, 7) is 8.78. The lowest BCUT2D eigenvalue weighted by atomic mass is 9.90. The smallest absolute Gasteiger partial charge is 0.0568 e. The maximum Gasteiger partial charge on any atom is 0.0568 e. The molecule has 0 aliphatic heterocycles. The summed E-state index contributed by atoms with van der Waals surface area (Å²) in [6, 6.07) is 0. The molecule has 0 aromatic heterocycles. The second kappa shape index (κ2) is 7.37. The van der Waals surface area contributed by atoms with E-state index in [1.807, 2.05) is 0 Å². The van der Waals surface area contributed by atoms with Crippen LogP contribution in [0.1, 0.15) is 59.8 Å². The highest BCUT2D eigenvalue weighted by atomic mass is 16.3. The molecule has 80 valence electrons. The van der Waals surface area contributed by atoms with Crippen molar-refractivity contribution in [2.45, 2.75) is 65.9 Å². The first-order chi connectivity index (χ1) is 6.11. The van der Waals surface area contributed by atoms with Crippen molar-refractivity contribution in [1.82, 2.24) is 0 Å². The topological polar surface area (TPSA) is 20.2 Å². The third kappa shape index (κ3) is 6.09. The van der Waals surface area contributed by atoms with E-state index in [9.17, 15) is 5.11 Å². The Kier molecular flexibility index (Phi) is 7.35. The highest BCUT2D eigenvalue weighted by Gasteiger charge is 2.15. The van der Waals surface area contributed by atoms with E-state index in [0.717, 1.165) is 6.42 Å². The fourth-order valence-corrected chi connectivity index (χ4v) is 1.53. The van der Waals surface area contributed by atoms with Crippen LogP contribution < -0.4 is 0 Å². The summed E-state index contributed by atoms with van der Waals surface area (Å²) in [5.74, 6) is 1.15. The van der Waals surface area contributed by atoms with E-state index in [1.165, 1.54) is 25.7 Å². The van der Waals surface area contributed by atoms with Crippen LogP contribution in [0.25, 0.3) is 0 Å². The Bertz CT molecular complexity index is 112. The molecule has 1 nitrogen and oxygen atoms in total. The molecule has 0 bridgehead atoms. The molecule has 0 radical (unpaired) electrons. The third-order valence-corrected chi connectivity index (χ3v) is 3.01. The van der Waals surface area contributed by atoms with Crippen LogP contribution in [0.5, 0.6) is 0 Å². The monoisotopic (exact) mass is 186 g/mol. The van der Waals surface area contributed by atoms with Crippen LogP contribution in [0.15, 0.2) is 0 Å². The Morgan fingerprint density at radius 1 is 1.15 bits per heavy atom. The maximum atomic E-state index is 9.85. The minimum absolute atomic E-state index is 0.0819. The molecule has 0 rings (SSSR count). The van der Waals surface area contributed by atoms with Crippen LogP contribution in [-0.4, -0.2) is 11.2 Å². The van der Waals surface area contributed by atoms with E-state index in [0.29, 0.717) is 11.8 Å². The van der Waals surface area contributed by atoms with Gasteiger partial charge >= 0.3 is 0 Å². The third-order valence-electron chi connectivity index (χ3n) is 3.01. The summed E-state index contributed by atoms with van der Waals surface area (Å²) in [5.41, 5.74) is 0. The van der Waals surface area contributed by atoms with Gasteiger partial charge in [0.2, 0.25) is 0 Å². The van der Waals surface area contributed by atoms with Gasteiger partial charge in [0.05, 0.1) is 6.10 Å². The summed E-state index contributed by atoms with van der Waals surface area (Å²) in [4.78, 5) is 0. The molecular formula is C12H26O. The standard InChI is InChI=1S/C12H26O/c1-5-7-8-11(4)12(13)9-10(3)6-2/h10-13H,5-9H2,1-4H3. The molecule has 0 saturated carbocycles. The van der Waals surface area contributed by atoms with Crippen LogP contribution in [-0.2, 0) is 0 Å². The largest absolute Gasteiger partial charge is 0.393 e. The van der Waals surface area contributed by atoms with Gasteiger partial charge in [0, 0.05) is 0 Å². The predicted molar refractivity (Wildman–Crippen MR) is 58.8 cm³/mol. The van der Waals surface area contributed by atoms with Crippen molar-refractivity contribution < 1.29 is 5.11 Å². The number of hydrogen-bond donors (Lipinski definition) is 1. The van der Waals surface area contributed by atoms with Gasteiger partial charge in [-0.15, -0.1) is 0 Å². The molecule has 3 atom stereocenters. The van der Waals surface area contributed by atoms with Crippen molar-refractivity contribution in [3.05, 3.63) is 0 Å². The van der Waals surface area contributed by atoms with E-state index < -0.39 is 0 Å². The van der Waals surface area contributed by atoms with Crippen molar-refractivity contribution >= 4 is 0 Å². The van der Waals surface area contributed by atoms with Crippen molar-refractivity contribution in [2.75, 3.05) is 0 Å². The van der Waals surface area contributed by atoms with Crippen molar-refractivity contribution in [3.8, 4) is 0 Å². The number of aliphatic hydroxyl groups is 1. The Hall–Kier alpha value is -0.0400. The normalized spacial score (nSPS) is 18.2. The van der Waals surface area contributed by atoms with Crippen molar-refractivity contribution in [2.24, 2.45) is 11.8 Å². The second-order valence-electron chi connectivity index (χ2n) is 4.44. The summed E-state index contributed by atoms with van der Waals surface area (Å²) in [5, 5.41) is 9.85. The summed E-state index contributed by atoms with van der Waals surface area (Å²) >= 11 is 0. The Morgan fingerprint density at radius 3 is 2.23 bits per heavy atom. The number of unbranched alkanes of at least 4 members (excludes halogenated alkanes) is 1. The van der Waals surface area contributed by atoms with E-state index in [1.54, 1.807) is 0 Å². The lowest BCUT2D eigenvalue weighted by Gasteiger charge is -2.21. The molecule has 0 saturated heterocycles. The van der Waals surface area contributed by atoms with Gasteiger partial charge in [-0.2, -0.15) is 0 Å². The zero-order chi connectivity index (χ0) is 10.3. The average Bonchev–Trinajstić information content (AvgIpc) is 2.13. The number of rotatable bonds is 7. The molecule has 1 heteroatoms. The van der Waals surface area contributed by atoms with Gasteiger partial charge in [0.1, 0.15) is 0 Å². The van der Waals surface area contributed by atoms with E-state index in [4.69, 9.17) is 0 Å². The molecule has 0 heterocycles. The first-order valence-electron chi connectivity index (χ1n) is 5.79. The SMILES string of the molecule is CCCCC(C)C(O)CC(C)CC. The Morgan fingerprint density at radius 2 is 1.77 bits per heavy atom. The summed E-state index contributed by atoms with van der Waals surface area (Å²) in [6.07, 6.45) is 5.73. The van der Waals surface area contributed by atoms with Crippen LogP contribution in [0.4, 0.5) is 0 Å². The van der Waals surface area contributed by atoms with E-state index in [-0.39, 0.29) is 6.10 Å². The van der Waals surface area contributed by atoms with Crippen LogP contribution in [0, 0.1) is 11.8 Å². The fourth-order valence-electron chi connectivity index (χ4n) is 1.53. The minimum atomic E-state index is -0.0819. The Balaban J connectivity index is 3.61. The van der Waals surface area contributed by atoms with Gasteiger partial charge in [0.25, 0.3) is 0 Å². The molecular weight excluding hydrogens is 160 g/mol. The number of aliphatic hydroxyl groups excluding tert-OH is 1. The van der Waals surface area contributed by atoms with Crippen LogP contribution in [0.2, 0.25) is 0 Å². The molecule has 1 N–H and O–H groups in total.